The number of ether oxygens (including phenoxy) is 1. The standard InChI is InChI=1S/C13H18N2O2S/c1-8-5-9(11(14)18)7-10(6-8)15-12(16)17-13(2,3)4/h5-7H,1-4H3,(H2,14,18)(H,15,16). The molecular formula is C13H18N2O2S. The van der Waals surface area contributed by atoms with Gasteiger partial charge in [0, 0.05) is 11.3 Å². The van der Waals surface area contributed by atoms with Gasteiger partial charge < -0.3 is 10.5 Å². The molecule has 5 heteroatoms. The van der Waals surface area contributed by atoms with Crippen molar-refractivity contribution in [1.82, 2.24) is 0 Å². The fourth-order valence-electron chi connectivity index (χ4n) is 1.42. The molecule has 4 nitrogen and oxygen atoms in total. The lowest BCUT2D eigenvalue weighted by molar-refractivity contribution is 0.0636. The first-order chi connectivity index (χ1) is 8.17. The molecule has 1 aromatic carbocycles. The molecule has 0 saturated carbocycles. The smallest absolute Gasteiger partial charge is 0.412 e. The molecule has 1 amide bonds. The highest BCUT2D eigenvalue weighted by molar-refractivity contribution is 7.80. The predicted molar refractivity (Wildman–Crippen MR) is 76.9 cm³/mol. The summed E-state index contributed by atoms with van der Waals surface area (Å²) in [6, 6.07) is 5.41. The molecule has 0 aliphatic heterocycles. The Labute approximate surface area is 113 Å². The first-order valence-corrected chi connectivity index (χ1v) is 6.00. The van der Waals surface area contributed by atoms with Gasteiger partial charge in [0.1, 0.15) is 10.6 Å². The molecule has 1 rings (SSSR count). The molecule has 18 heavy (non-hydrogen) atoms. The highest BCUT2D eigenvalue weighted by Crippen LogP contribution is 2.16. The minimum atomic E-state index is -0.528. The Morgan fingerprint density at radius 2 is 1.94 bits per heavy atom. The number of carbonyl (C=O) groups is 1. The van der Waals surface area contributed by atoms with Crippen LogP contribution >= 0.6 is 12.2 Å². The third-order valence-corrected chi connectivity index (χ3v) is 2.24. The van der Waals surface area contributed by atoms with Gasteiger partial charge in [0.25, 0.3) is 0 Å². The van der Waals surface area contributed by atoms with Crippen molar-refractivity contribution in [3.05, 3.63) is 29.3 Å². The SMILES string of the molecule is Cc1cc(NC(=O)OC(C)(C)C)cc(C(N)=S)c1. The molecule has 0 bridgehead atoms. The van der Waals surface area contributed by atoms with Gasteiger partial charge in [0.2, 0.25) is 0 Å². The number of benzene rings is 1. The molecule has 0 saturated heterocycles. The molecule has 0 aromatic heterocycles. The molecule has 98 valence electrons. The summed E-state index contributed by atoms with van der Waals surface area (Å²) in [6.45, 7) is 7.33. The van der Waals surface area contributed by atoms with Gasteiger partial charge in [0.15, 0.2) is 0 Å². The normalized spacial score (nSPS) is 10.9. The Morgan fingerprint density at radius 1 is 1.33 bits per heavy atom. The molecule has 0 heterocycles. The van der Waals surface area contributed by atoms with Crippen LogP contribution in [0.5, 0.6) is 0 Å². The second-order valence-electron chi connectivity index (χ2n) is 5.08. The number of hydrogen-bond acceptors (Lipinski definition) is 3. The maximum absolute atomic E-state index is 11.6. The molecule has 0 spiro atoms. The maximum atomic E-state index is 11.6. The molecule has 3 N–H and O–H groups in total. The predicted octanol–water partition coefficient (Wildman–Crippen LogP) is 2.98. The van der Waals surface area contributed by atoms with Crippen molar-refractivity contribution in [2.24, 2.45) is 5.73 Å². The van der Waals surface area contributed by atoms with E-state index in [1.54, 1.807) is 6.07 Å². The third-order valence-electron chi connectivity index (χ3n) is 2.01. The van der Waals surface area contributed by atoms with Crippen molar-refractivity contribution in [2.75, 3.05) is 5.32 Å². The summed E-state index contributed by atoms with van der Waals surface area (Å²) in [5.41, 5.74) is 7.34. The number of hydrogen-bond donors (Lipinski definition) is 2. The fourth-order valence-corrected chi connectivity index (χ4v) is 1.54. The van der Waals surface area contributed by atoms with Crippen LogP contribution in [0.1, 0.15) is 31.9 Å². The molecular weight excluding hydrogens is 248 g/mol. The van der Waals surface area contributed by atoms with E-state index in [9.17, 15) is 4.79 Å². The van der Waals surface area contributed by atoms with Crippen LogP contribution in [0.3, 0.4) is 0 Å². The highest BCUT2D eigenvalue weighted by atomic mass is 32.1. The van der Waals surface area contributed by atoms with Crippen LogP contribution in [0.2, 0.25) is 0 Å². The molecule has 0 atom stereocenters. The number of rotatable bonds is 2. The lowest BCUT2D eigenvalue weighted by Gasteiger charge is -2.20. The minimum absolute atomic E-state index is 0.297. The van der Waals surface area contributed by atoms with Crippen LogP contribution < -0.4 is 11.1 Å². The van der Waals surface area contributed by atoms with E-state index in [4.69, 9.17) is 22.7 Å². The van der Waals surface area contributed by atoms with Crippen molar-refractivity contribution in [3.8, 4) is 0 Å². The molecule has 1 aromatic rings. The van der Waals surface area contributed by atoms with E-state index in [1.165, 1.54) is 0 Å². The number of nitrogens with two attached hydrogens (primary N) is 1. The molecule has 0 unspecified atom stereocenters. The molecule has 0 radical (unpaired) electrons. The number of anilines is 1. The Morgan fingerprint density at radius 3 is 2.44 bits per heavy atom. The van der Waals surface area contributed by atoms with Gasteiger partial charge in [0.05, 0.1) is 0 Å². The van der Waals surface area contributed by atoms with Crippen LogP contribution in [-0.4, -0.2) is 16.7 Å². The largest absolute Gasteiger partial charge is 0.444 e. The summed E-state index contributed by atoms with van der Waals surface area (Å²) in [5.74, 6) is 0. The van der Waals surface area contributed by atoms with Crippen molar-refractivity contribution < 1.29 is 9.53 Å². The first kappa shape index (κ1) is 14.4. The number of amides is 1. The Hall–Kier alpha value is -1.62. The average molecular weight is 266 g/mol. The molecule has 0 aliphatic carbocycles. The molecule has 0 aliphatic rings. The van der Waals surface area contributed by atoms with Crippen molar-refractivity contribution in [1.29, 1.82) is 0 Å². The Kier molecular flexibility index (Phi) is 4.29. The van der Waals surface area contributed by atoms with Crippen LogP contribution in [0, 0.1) is 6.92 Å². The Balaban J connectivity index is 2.85. The summed E-state index contributed by atoms with van der Waals surface area (Å²) < 4.78 is 5.17. The van der Waals surface area contributed by atoms with Gasteiger partial charge in [-0.1, -0.05) is 12.2 Å². The van der Waals surface area contributed by atoms with Gasteiger partial charge in [-0.3, -0.25) is 5.32 Å². The number of nitrogens with one attached hydrogen (secondary N) is 1. The maximum Gasteiger partial charge on any atom is 0.412 e. The minimum Gasteiger partial charge on any atom is -0.444 e. The summed E-state index contributed by atoms with van der Waals surface area (Å²) in [5, 5.41) is 2.66. The molecule has 0 fully saturated rings. The second kappa shape index (κ2) is 5.35. The Bertz CT molecular complexity index is 478. The van der Waals surface area contributed by atoms with Crippen LogP contribution in [0.4, 0.5) is 10.5 Å². The number of aryl methyl sites for hydroxylation is 1. The summed E-state index contributed by atoms with van der Waals surface area (Å²) >= 11 is 4.92. The van der Waals surface area contributed by atoms with Gasteiger partial charge >= 0.3 is 6.09 Å². The zero-order valence-electron chi connectivity index (χ0n) is 11.0. The van der Waals surface area contributed by atoms with Crippen LogP contribution in [0.25, 0.3) is 0 Å². The topological polar surface area (TPSA) is 64.3 Å². The van der Waals surface area contributed by atoms with E-state index in [-0.39, 0.29) is 0 Å². The van der Waals surface area contributed by atoms with Gasteiger partial charge in [-0.2, -0.15) is 0 Å². The quantitative estimate of drug-likeness (QED) is 0.808. The van der Waals surface area contributed by atoms with Crippen molar-refractivity contribution in [2.45, 2.75) is 33.3 Å². The zero-order chi connectivity index (χ0) is 13.9. The van der Waals surface area contributed by atoms with Crippen molar-refractivity contribution in [3.63, 3.8) is 0 Å². The average Bonchev–Trinajstić information content (AvgIpc) is 2.12. The van der Waals surface area contributed by atoms with E-state index in [2.05, 4.69) is 5.32 Å². The second-order valence-corrected chi connectivity index (χ2v) is 5.52. The monoisotopic (exact) mass is 266 g/mol. The van der Waals surface area contributed by atoms with E-state index < -0.39 is 11.7 Å². The van der Waals surface area contributed by atoms with E-state index in [1.807, 2.05) is 39.8 Å². The van der Waals surface area contributed by atoms with Crippen LogP contribution in [-0.2, 0) is 4.74 Å². The number of thiocarbonyl (C=S) groups is 1. The first-order valence-electron chi connectivity index (χ1n) is 5.59. The van der Waals surface area contributed by atoms with Gasteiger partial charge in [-0.15, -0.1) is 0 Å². The summed E-state index contributed by atoms with van der Waals surface area (Å²) in [4.78, 5) is 11.9. The third kappa shape index (κ3) is 4.71. The van der Waals surface area contributed by atoms with Crippen molar-refractivity contribution >= 4 is 29.0 Å². The van der Waals surface area contributed by atoms with E-state index in [0.717, 1.165) is 11.1 Å². The van der Waals surface area contributed by atoms with E-state index >= 15 is 0 Å². The highest BCUT2D eigenvalue weighted by Gasteiger charge is 2.16. The van der Waals surface area contributed by atoms with E-state index in [0.29, 0.717) is 10.7 Å². The summed E-state index contributed by atoms with van der Waals surface area (Å²) in [7, 11) is 0. The van der Waals surface area contributed by atoms with Gasteiger partial charge in [-0.05, 0) is 51.5 Å². The zero-order valence-corrected chi connectivity index (χ0v) is 11.9. The summed E-state index contributed by atoms with van der Waals surface area (Å²) in [6.07, 6.45) is -0.498. The van der Waals surface area contributed by atoms with Gasteiger partial charge in [-0.25, -0.2) is 4.79 Å². The fraction of sp³-hybridized carbons (Fsp3) is 0.385. The lowest BCUT2D eigenvalue weighted by Crippen LogP contribution is -2.27. The lowest BCUT2D eigenvalue weighted by atomic mass is 10.1. The number of carbonyl (C=O) groups excluding carboxylic acids is 1. The van der Waals surface area contributed by atoms with Crippen LogP contribution in [0.15, 0.2) is 18.2 Å².